The van der Waals surface area contributed by atoms with Gasteiger partial charge in [-0.1, -0.05) is 108 Å². The number of hydrogen-bond acceptors (Lipinski definition) is 3. The second-order valence-electron chi connectivity index (χ2n) is 8.49. The van der Waals surface area contributed by atoms with Crippen molar-refractivity contribution in [2.75, 3.05) is 6.61 Å². The van der Waals surface area contributed by atoms with Gasteiger partial charge in [0, 0.05) is 23.1 Å². The third kappa shape index (κ3) is 7.29. The Labute approximate surface area is 236 Å². The molecule has 0 unspecified atom stereocenters. The zero-order chi connectivity index (χ0) is 26.9. The average Bonchev–Trinajstić information content (AvgIpc) is 2.93. The van der Waals surface area contributed by atoms with Gasteiger partial charge in [0.25, 0.3) is 5.91 Å². The molecule has 1 atom stereocenters. The molecule has 4 rings (SSSR count). The fraction of sp³-hybridized carbons (Fsp3) is 0.133. The normalized spacial score (nSPS) is 11.4. The van der Waals surface area contributed by atoms with Crippen LogP contribution in [0.4, 0.5) is 0 Å². The molecule has 0 aliphatic carbocycles. The minimum Gasteiger partial charge on any atom is -0.482 e. The Kier molecular flexibility index (Phi) is 9.66. The fourth-order valence-corrected chi connectivity index (χ4v) is 4.44. The second kappa shape index (κ2) is 13.3. The lowest BCUT2D eigenvalue weighted by Gasteiger charge is -2.31. The maximum absolute atomic E-state index is 13.7. The van der Waals surface area contributed by atoms with Gasteiger partial charge < -0.3 is 15.0 Å². The van der Waals surface area contributed by atoms with Gasteiger partial charge in [-0.2, -0.15) is 0 Å². The fourth-order valence-electron chi connectivity index (χ4n) is 3.92. The van der Waals surface area contributed by atoms with E-state index >= 15 is 0 Å². The van der Waals surface area contributed by atoms with Crippen LogP contribution < -0.4 is 10.1 Å². The number of amides is 2. The average molecular weight is 568 g/mol. The Morgan fingerprint density at radius 1 is 0.763 bits per heavy atom. The van der Waals surface area contributed by atoms with Crippen molar-refractivity contribution in [2.45, 2.75) is 19.1 Å². The molecule has 0 saturated heterocycles. The first-order valence-corrected chi connectivity index (χ1v) is 13.0. The van der Waals surface area contributed by atoms with E-state index in [1.54, 1.807) is 42.5 Å². The highest BCUT2D eigenvalue weighted by atomic mass is 35.5. The van der Waals surface area contributed by atoms with Crippen LogP contribution in [0.2, 0.25) is 15.1 Å². The molecular weight excluding hydrogens is 543 g/mol. The van der Waals surface area contributed by atoms with Gasteiger partial charge in [0.1, 0.15) is 11.8 Å². The molecule has 2 amide bonds. The molecule has 0 saturated carbocycles. The first-order valence-electron chi connectivity index (χ1n) is 11.9. The number of para-hydroxylation sites is 1. The van der Waals surface area contributed by atoms with Crippen molar-refractivity contribution >= 4 is 46.6 Å². The minimum absolute atomic E-state index is 0.154. The van der Waals surface area contributed by atoms with Crippen LogP contribution >= 0.6 is 34.8 Å². The molecule has 0 spiro atoms. The molecule has 0 aliphatic heterocycles. The number of carbonyl (C=O) groups excluding carboxylic acids is 2. The quantitative estimate of drug-likeness (QED) is 0.222. The molecule has 38 heavy (non-hydrogen) atoms. The van der Waals surface area contributed by atoms with Gasteiger partial charge in [-0.3, -0.25) is 9.59 Å². The predicted molar refractivity (Wildman–Crippen MR) is 151 cm³/mol. The van der Waals surface area contributed by atoms with Crippen molar-refractivity contribution in [1.29, 1.82) is 0 Å². The highest BCUT2D eigenvalue weighted by Crippen LogP contribution is 2.27. The standard InChI is InChI=1S/C30H25Cl3N2O3/c31-24-16-14-21(15-17-24)19-35(28(36)20-38-27-13-7-6-12-26(27)33)29(22-8-2-1-3-9-22)30(37)34-18-23-10-4-5-11-25(23)32/h1-17,29H,18-20H2,(H,34,37)/t29-/m0/s1. The van der Waals surface area contributed by atoms with E-state index in [-0.39, 0.29) is 31.5 Å². The number of halogens is 3. The van der Waals surface area contributed by atoms with Gasteiger partial charge in [0.05, 0.1) is 5.02 Å². The van der Waals surface area contributed by atoms with Crippen LogP contribution in [0.15, 0.2) is 103 Å². The lowest BCUT2D eigenvalue weighted by atomic mass is 10.0. The van der Waals surface area contributed by atoms with E-state index < -0.39 is 6.04 Å². The molecule has 8 heteroatoms. The molecular formula is C30H25Cl3N2O3. The van der Waals surface area contributed by atoms with Crippen LogP contribution in [-0.4, -0.2) is 23.3 Å². The van der Waals surface area contributed by atoms with Crippen LogP contribution in [-0.2, 0) is 22.7 Å². The largest absolute Gasteiger partial charge is 0.482 e. The van der Waals surface area contributed by atoms with Crippen molar-refractivity contribution in [2.24, 2.45) is 0 Å². The molecule has 0 aliphatic rings. The van der Waals surface area contributed by atoms with E-state index in [0.29, 0.717) is 26.4 Å². The zero-order valence-electron chi connectivity index (χ0n) is 20.3. The lowest BCUT2D eigenvalue weighted by molar-refractivity contribution is -0.143. The third-order valence-corrected chi connectivity index (χ3v) is 6.79. The number of rotatable bonds is 10. The van der Waals surface area contributed by atoms with Crippen molar-refractivity contribution in [1.82, 2.24) is 10.2 Å². The summed E-state index contributed by atoms with van der Waals surface area (Å²) in [5.74, 6) is -0.355. The van der Waals surface area contributed by atoms with E-state index in [2.05, 4.69) is 5.32 Å². The maximum atomic E-state index is 13.7. The third-order valence-electron chi connectivity index (χ3n) is 5.86. The van der Waals surface area contributed by atoms with Crippen molar-refractivity contribution in [3.05, 3.63) is 135 Å². The smallest absolute Gasteiger partial charge is 0.261 e. The number of ether oxygens (including phenoxy) is 1. The Bertz CT molecular complexity index is 1380. The summed E-state index contributed by atoms with van der Waals surface area (Å²) >= 11 is 18.6. The predicted octanol–water partition coefficient (Wildman–Crippen LogP) is 7.11. The Morgan fingerprint density at radius 3 is 2.08 bits per heavy atom. The molecule has 0 heterocycles. The molecule has 5 nitrogen and oxygen atoms in total. The summed E-state index contributed by atoms with van der Waals surface area (Å²) in [5, 5.41) is 4.46. The summed E-state index contributed by atoms with van der Waals surface area (Å²) in [5.41, 5.74) is 2.23. The summed E-state index contributed by atoms with van der Waals surface area (Å²) in [7, 11) is 0. The maximum Gasteiger partial charge on any atom is 0.261 e. The van der Waals surface area contributed by atoms with E-state index in [1.807, 2.05) is 60.7 Å². The Hall–Kier alpha value is -3.51. The topological polar surface area (TPSA) is 58.6 Å². The molecule has 4 aromatic rings. The highest BCUT2D eigenvalue weighted by Gasteiger charge is 2.32. The van der Waals surface area contributed by atoms with Crippen LogP contribution in [0.1, 0.15) is 22.7 Å². The van der Waals surface area contributed by atoms with Gasteiger partial charge in [0.2, 0.25) is 5.91 Å². The van der Waals surface area contributed by atoms with Gasteiger partial charge in [0.15, 0.2) is 6.61 Å². The van der Waals surface area contributed by atoms with Crippen LogP contribution in [0.3, 0.4) is 0 Å². The molecule has 4 aromatic carbocycles. The summed E-state index contributed by atoms with van der Waals surface area (Å²) < 4.78 is 5.75. The lowest BCUT2D eigenvalue weighted by Crippen LogP contribution is -2.45. The molecule has 0 radical (unpaired) electrons. The van der Waals surface area contributed by atoms with E-state index in [1.165, 1.54) is 4.90 Å². The molecule has 0 aromatic heterocycles. The van der Waals surface area contributed by atoms with Crippen LogP contribution in [0.5, 0.6) is 5.75 Å². The summed E-state index contributed by atoms with van der Waals surface area (Å²) in [6.07, 6.45) is 0. The van der Waals surface area contributed by atoms with Gasteiger partial charge in [-0.25, -0.2) is 0 Å². The molecule has 0 fully saturated rings. The number of hydrogen-bond donors (Lipinski definition) is 1. The van der Waals surface area contributed by atoms with Gasteiger partial charge in [-0.05, 0) is 47.0 Å². The monoisotopic (exact) mass is 566 g/mol. The number of nitrogens with one attached hydrogen (secondary N) is 1. The molecule has 194 valence electrons. The number of carbonyl (C=O) groups is 2. The van der Waals surface area contributed by atoms with Gasteiger partial charge in [-0.15, -0.1) is 0 Å². The first kappa shape index (κ1) is 27.5. The SMILES string of the molecule is O=C(NCc1ccccc1Cl)[C@H](c1ccccc1)N(Cc1ccc(Cl)cc1)C(=O)COc1ccccc1Cl. The summed E-state index contributed by atoms with van der Waals surface area (Å²) in [4.78, 5) is 28.9. The highest BCUT2D eigenvalue weighted by molar-refractivity contribution is 6.32. The Morgan fingerprint density at radius 2 is 1.39 bits per heavy atom. The number of nitrogens with zero attached hydrogens (tertiary/aromatic N) is 1. The first-order chi connectivity index (χ1) is 18.4. The van der Waals surface area contributed by atoms with Crippen molar-refractivity contribution in [3.8, 4) is 5.75 Å². The minimum atomic E-state index is -0.934. The summed E-state index contributed by atoms with van der Waals surface area (Å²) in [6, 6.07) is 29.5. The van der Waals surface area contributed by atoms with E-state index in [4.69, 9.17) is 39.5 Å². The summed E-state index contributed by atoms with van der Waals surface area (Å²) in [6.45, 7) is 0.0559. The van der Waals surface area contributed by atoms with Crippen LogP contribution in [0.25, 0.3) is 0 Å². The second-order valence-corrected chi connectivity index (χ2v) is 9.74. The molecule has 0 bridgehead atoms. The van der Waals surface area contributed by atoms with Crippen LogP contribution in [0, 0.1) is 0 Å². The zero-order valence-corrected chi connectivity index (χ0v) is 22.6. The molecule has 1 N–H and O–H groups in total. The van der Waals surface area contributed by atoms with Gasteiger partial charge >= 0.3 is 0 Å². The van der Waals surface area contributed by atoms with Crippen molar-refractivity contribution in [3.63, 3.8) is 0 Å². The number of benzene rings is 4. The van der Waals surface area contributed by atoms with Crippen molar-refractivity contribution < 1.29 is 14.3 Å². The Balaban J connectivity index is 1.64. The van der Waals surface area contributed by atoms with E-state index in [0.717, 1.165) is 11.1 Å². The van der Waals surface area contributed by atoms with E-state index in [9.17, 15) is 9.59 Å².